The second kappa shape index (κ2) is 10.7. The van der Waals surface area contributed by atoms with Gasteiger partial charge in [0.1, 0.15) is 0 Å². The zero-order valence-electron chi connectivity index (χ0n) is 8.05. The fourth-order valence-corrected chi connectivity index (χ4v) is 0.796. The summed E-state index contributed by atoms with van der Waals surface area (Å²) in [6.07, 6.45) is 5.10. The molecule has 0 saturated heterocycles. The first-order chi connectivity index (χ1) is 5.91. The summed E-state index contributed by atoms with van der Waals surface area (Å²) in [6, 6.07) is 0. The molecule has 0 N–H and O–H groups in total. The van der Waals surface area contributed by atoms with Crippen LogP contribution in [0.3, 0.4) is 0 Å². The molecule has 0 aromatic rings. The summed E-state index contributed by atoms with van der Waals surface area (Å²) in [5, 5.41) is 0. The third-order valence-electron chi connectivity index (χ3n) is 1.42. The maximum absolute atomic E-state index is 5.31. The second-order valence-electron chi connectivity index (χ2n) is 2.66. The third kappa shape index (κ3) is 9.66. The van der Waals surface area contributed by atoms with Crippen LogP contribution in [0.2, 0.25) is 0 Å². The standard InChI is InChI=1S/C10H20O2/c1-3-5-6-8-12-10-9-11-7-4-2/h3H,1,4-10H2,2H3. The van der Waals surface area contributed by atoms with Crippen LogP contribution in [0.15, 0.2) is 12.7 Å². The Bertz CT molecular complexity index is 91.8. The maximum atomic E-state index is 5.31. The van der Waals surface area contributed by atoms with Gasteiger partial charge in [0.25, 0.3) is 0 Å². The minimum atomic E-state index is 0.719. The zero-order valence-corrected chi connectivity index (χ0v) is 8.05. The molecule has 0 amide bonds. The molecule has 0 rings (SSSR count). The molecule has 12 heavy (non-hydrogen) atoms. The number of hydrogen-bond donors (Lipinski definition) is 0. The molecule has 0 fully saturated rings. The largest absolute Gasteiger partial charge is 0.379 e. The molecule has 0 radical (unpaired) electrons. The van der Waals surface area contributed by atoms with E-state index in [1.807, 2.05) is 6.08 Å². The minimum absolute atomic E-state index is 0.719. The van der Waals surface area contributed by atoms with Crippen LogP contribution in [0.1, 0.15) is 26.2 Å². The van der Waals surface area contributed by atoms with Crippen molar-refractivity contribution in [3.05, 3.63) is 12.7 Å². The van der Waals surface area contributed by atoms with Crippen LogP contribution < -0.4 is 0 Å². The van der Waals surface area contributed by atoms with Crippen LogP contribution in [0.5, 0.6) is 0 Å². The normalized spacial score (nSPS) is 10.1. The molecule has 0 atom stereocenters. The van der Waals surface area contributed by atoms with E-state index in [0.717, 1.165) is 45.7 Å². The predicted molar refractivity (Wildman–Crippen MR) is 51.4 cm³/mol. The van der Waals surface area contributed by atoms with Gasteiger partial charge < -0.3 is 9.47 Å². The Hall–Kier alpha value is -0.340. The predicted octanol–water partition coefficient (Wildman–Crippen LogP) is 2.40. The van der Waals surface area contributed by atoms with Gasteiger partial charge in [0, 0.05) is 13.2 Å². The van der Waals surface area contributed by atoms with Gasteiger partial charge in [-0.15, -0.1) is 6.58 Å². The van der Waals surface area contributed by atoms with Crippen LogP contribution in [-0.2, 0) is 9.47 Å². The van der Waals surface area contributed by atoms with Gasteiger partial charge in [0.2, 0.25) is 0 Å². The fraction of sp³-hybridized carbons (Fsp3) is 0.800. The van der Waals surface area contributed by atoms with Crippen molar-refractivity contribution in [1.82, 2.24) is 0 Å². The molecule has 0 spiro atoms. The van der Waals surface area contributed by atoms with Crippen molar-refractivity contribution < 1.29 is 9.47 Å². The van der Waals surface area contributed by atoms with Crippen molar-refractivity contribution in [1.29, 1.82) is 0 Å². The Balaban J connectivity index is 2.77. The Kier molecular flexibility index (Phi) is 10.4. The van der Waals surface area contributed by atoms with Gasteiger partial charge in [0.15, 0.2) is 0 Å². The monoisotopic (exact) mass is 172 g/mol. The van der Waals surface area contributed by atoms with E-state index in [2.05, 4.69) is 13.5 Å². The summed E-state index contributed by atoms with van der Waals surface area (Å²) in [4.78, 5) is 0. The third-order valence-corrected chi connectivity index (χ3v) is 1.42. The van der Waals surface area contributed by atoms with Gasteiger partial charge in [-0.1, -0.05) is 13.0 Å². The highest BCUT2D eigenvalue weighted by molar-refractivity contribution is 4.64. The van der Waals surface area contributed by atoms with Gasteiger partial charge in [0.05, 0.1) is 13.2 Å². The van der Waals surface area contributed by atoms with Crippen molar-refractivity contribution >= 4 is 0 Å². The van der Waals surface area contributed by atoms with Gasteiger partial charge in [-0.3, -0.25) is 0 Å². The first kappa shape index (κ1) is 11.7. The van der Waals surface area contributed by atoms with E-state index in [0.29, 0.717) is 0 Å². The van der Waals surface area contributed by atoms with Crippen LogP contribution in [0.4, 0.5) is 0 Å². The molecular formula is C10H20O2. The Morgan fingerprint density at radius 1 is 1.08 bits per heavy atom. The minimum Gasteiger partial charge on any atom is -0.379 e. The number of ether oxygens (including phenoxy) is 2. The van der Waals surface area contributed by atoms with E-state index in [9.17, 15) is 0 Å². The fourth-order valence-electron chi connectivity index (χ4n) is 0.796. The molecule has 2 heteroatoms. The molecule has 0 aliphatic carbocycles. The summed E-state index contributed by atoms with van der Waals surface area (Å²) >= 11 is 0. The lowest BCUT2D eigenvalue weighted by atomic mass is 10.3. The molecular weight excluding hydrogens is 152 g/mol. The van der Waals surface area contributed by atoms with Crippen molar-refractivity contribution in [3.8, 4) is 0 Å². The molecule has 0 heterocycles. The summed E-state index contributed by atoms with van der Waals surface area (Å²) in [5.74, 6) is 0. The molecule has 0 aromatic heterocycles. The maximum Gasteiger partial charge on any atom is 0.0700 e. The van der Waals surface area contributed by atoms with E-state index < -0.39 is 0 Å². The van der Waals surface area contributed by atoms with E-state index in [1.54, 1.807) is 0 Å². The highest BCUT2D eigenvalue weighted by atomic mass is 16.5. The van der Waals surface area contributed by atoms with Crippen molar-refractivity contribution in [2.45, 2.75) is 26.2 Å². The van der Waals surface area contributed by atoms with E-state index in [1.165, 1.54) is 0 Å². The number of hydrogen-bond acceptors (Lipinski definition) is 2. The lowest BCUT2D eigenvalue weighted by Gasteiger charge is -2.03. The highest BCUT2D eigenvalue weighted by Gasteiger charge is 1.88. The van der Waals surface area contributed by atoms with Gasteiger partial charge in [-0.05, 0) is 19.3 Å². The molecule has 72 valence electrons. The van der Waals surface area contributed by atoms with Crippen LogP contribution >= 0.6 is 0 Å². The van der Waals surface area contributed by atoms with E-state index >= 15 is 0 Å². The quantitative estimate of drug-likeness (QED) is 0.393. The van der Waals surface area contributed by atoms with Crippen molar-refractivity contribution in [2.75, 3.05) is 26.4 Å². The molecule has 2 nitrogen and oxygen atoms in total. The molecule has 0 bridgehead atoms. The zero-order chi connectivity index (χ0) is 9.07. The van der Waals surface area contributed by atoms with Gasteiger partial charge in [-0.2, -0.15) is 0 Å². The second-order valence-corrected chi connectivity index (χ2v) is 2.66. The lowest BCUT2D eigenvalue weighted by molar-refractivity contribution is 0.0474. The van der Waals surface area contributed by atoms with Crippen molar-refractivity contribution in [2.24, 2.45) is 0 Å². The SMILES string of the molecule is C=CCCCOCCOCCC. The Labute approximate surface area is 75.6 Å². The van der Waals surface area contributed by atoms with Crippen molar-refractivity contribution in [3.63, 3.8) is 0 Å². The number of unbranched alkanes of at least 4 members (excludes halogenated alkanes) is 1. The number of allylic oxidation sites excluding steroid dienone is 1. The number of rotatable bonds is 9. The summed E-state index contributed by atoms with van der Waals surface area (Å²) < 4.78 is 10.6. The molecule has 0 aliphatic rings. The highest BCUT2D eigenvalue weighted by Crippen LogP contribution is 1.90. The smallest absolute Gasteiger partial charge is 0.0700 e. The molecule has 0 aromatic carbocycles. The van der Waals surface area contributed by atoms with Crippen LogP contribution in [-0.4, -0.2) is 26.4 Å². The first-order valence-electron chi connectivity index (χ1n) is 4.68. The Morgan fingerprint density at radius 2 is 1.75 bits per heavy atom. The van der Waals surface area contributed by atoms with Crippen LogP contribution in [0, 0.1) is 0 Å². The Morgan fingerprint density at radius 3 is 2.33 bits per heavy atom. The van der Waals surface area contributed by atoms with Gasteiger partial charge >= 0.3 is 0 Å². The summed E-state index contributed by atoms with van der Waals surface area (Å²) in [5.41, 5.74) is 0. The summed E-state index contributed by atoms with van der Waals surface area (Å²) in [7, 11) is 0. The molecule has 0 unspecified atom stereocenters. The molecule has 0 aliphatic heterocycles. The molecule has 0 saturated carbocycles. The average Bonchev–Trinajstić information content (AvgIpc) is 2.10. The van der Waals surface area contributed by atoms with E-state index in [4.69, 9.17) is 9.47 Å². The van der Waals surface area contributed by atoms with E-state index in [-0.39, 0.29) is 0 Å². The lowest BCUT2D eigenvalue weighted by Crippen LogP contribution is -2.05. The van der Waals surface area contributed by atoms with Gasteiger partial charge in [-0.25, -0.2) is 0 Å². The summed E-state index contributed by atoms with van der Waals surface area (Å²) in [6.45, 7) is 8.85. The van der Waals surface area contributed by atoms with Crippen LogP contribution in [0.25, 0.3) is 0 Å². The first-order valence-corrected chi connectivity index (χ1v) is 4.68. The average molecular weight is 172 g/mol. The topological polar surface area (TPSA) is 18.5 Å².